The van der Waals surface area contributed by atoms with E-state index in [0.29, 0.717) is 0 Å². The minimum absolute atomic E-state index is 0.945. The Morgan fingerprint density at radius 3 is 2.58 bits per heavy atom. The second-order valence-electron chi connectivity index (χ2n) is 4.22. The highest BCUT2D eigenvalue weighted by molar-refractivity contribution is 4.83. The molecule has 2 nitrogen and oxygen atoms in total. The molecule has 1 aliphatic heterocycles. The minimum Gasteiger partial charge on any atom is -0.379 e. The molecule has 0 bridgehead atoms. The van der Waals surface area contributed by atoms with Gasteiger partial charge in [0.25, 0.3) is 0 Å². The monoisotopic (exact) mass is 169 g/mol. The molecule has 2 aliphatic rings. The highest BCUT2D eigenvalue weighted by Gasteiger charge is 2.32. The van der Waals surface area contributed by atoms with Crippen LogP contribution in [0.5, 0.6) is 0 Å². The van der Waals surface area contributed by atoms with E-state index in [-0.39, 0.29) is 0 Å². The van der Waals surface area contributed by atoms with Crippen molar-refractivity contribution in [1.29, 1.82) is 0 Å². The summed E-state index contributed by atoms with van der Waals surface area (Å²) in [4.78, 5) is 2.54. The molecular weight excluding hydrogens is 150 g/mol. The van der Waals surface area contributed by atoms with E-state index in [4.69, 9.17) is 4.74 Å². The predicted molar refractivity (Wildman–Crippen MR) is 49.1 cm³/mol. The molecule has 2 unspecified atom stereocenters. The lowest BCUT2D eigenvalue weighted by Crippen LogP contribution is -2.37. The van der Waals surface area contributed by atoms with Gasteiger partial charge in [0.15, 0.2) is 0 Å². The summed E-state index contributed by atoms with van der Waals surface area (Å²) in [6.07, 6.45) is 2.89. The Morgan fingerprint density at radius 2 is 2.00 bits per heavy atom. The molecular formula is C10H19NO. The minimum atomic E-state index is 0.945. The molecule has 2 heteroatoms. The molecule has 0 radical (unpaired) electrons. The van der Waals surface area contributed by atoms with Gasteiger partial charge in [-0.05, 0) is 31.2 Å². The molecule has 0 aromatic rings. The topological polar surface area (TPSA) is 12.5 Å². The van der Waals surface area contributed by atoms with Crippen LogP contribution in [0.15, 0.2) is 0 Å². The third kappa shape index (κ3) is 2.20. The molecule has 1 saturated carbocycles. The lowest BCUT2D eigenvalue weighted by molar-refractivity contribution is 0.0366. The molecule has 0 aromatic heterocycles. The lowest BCUT2D eigenvalue weighted by Gasteiger charge is -2.26. The summed E-state index contributed by atoms with van der Waals surface area (Å²) in [5.41, 5.74) is 0. The van der Waals surface area contributed by atoms with Gasteiger partial charge in [0.1, 0.15) is 0 Å². The van der Waals surface area contributed by atoms with Gasteiger partial charge in [-0.15, -0.1) is 0 Å². The number of nitrogens with zero attached hydrogens (tertiary/aromatic N) is 1. The first-order valence-corrected chi connectivity index (χ1v) is 5.16. The summed E-state index contributed by atoms with van der Waals surface area (Å²) in [6.45, 7) is 7.87. The molecule has 2 atom stereocenters. The molecule has 1 saturated heterocycles. The highest BCUT2D eigenvalue weighted by Crippen LogP contribution is 2.40. The van der Waals surface area contributed by atoms with E-state index >= 15 is 0 Å². The van der Waals surface area contributed by atoms with Crippen molar-refractivity contribution in [1.82, 2.24) is 4.90 Å². The van der Waals surface area contributed by atoms with Gasteiger partial charge in [0.05, 0.1) is 13.2 Å². The average Bonchev–Trinajstić information content (AvgIpc) is 2.81. The maximum absolute atomic E-state index is 5.30. The SMILES string of the molecule is CC1CC1CCN1CCOCC1. The third-order valence-electron chi connectivity index (χ3n) is 3.20. The second kappa shape index (κ2) is 3.75. The van der Waals surface area contributed by atoms with E-state index in [9.17, 15) is 0 Å². The van der Waals surface area contributed by atoms with Crippen molar-refractivity contribution in [2.24, 2.45) is 11.8 Å². The van der Waals surface area contributed by atoms with E-state index in [1.807, 2.05) is 0 Å². The molecule has 1 aliphatic carbocycles. The van der Waals surface area contributed by atoms with Gasteiger partial charge >= 0.3 is 0 Å². The summed E-state index contributed by atoms with van der Waals surface area (Å²) in [5.74, 6) is 2.07. The Morgan fingerprint density at radius 1 is 1.33 bits per heavy atom. The van der Waals surface area contributed by atoms with E-state index < -0.39 is 0 Å². The van der Waals surface area contributed by atoms with Crippen molar-refractivity contribution in [3.05, 3.63) is 0 Å². The van der Waals surface area contributed by atoms with Crippen LogP contribution in [0.1, 0.15) is 19.8 Å². The molecule has 0 spiro atoms. The Balaban J connectivity index is 1.59. The maximum atomic E-state index is 5.30. The van der Waals surface area contributed by atoms with Crippen molar-refractivity contribution in [2.75, 3.05) is 32.8 Å². The van der Waals surface area contributed by atoms with Crippen LogP contribution in [0, 0.1) is 11.8 Å². The van der Waals surface area contributed by atoms with Crippen LogP contribution in [0.3, 0.4) is 0 Å². The van der Waals surface area contributed by atoms with Crippen LogP contribution in [0.25, 0.3) is 0 Å². The average molecular weight is 169 g/mol. The summed E-state index contributed by atoms with van der Waals surface area (Å²) in [6, 6.07) is 0. The second-order valence-corrected chi connectivity index (χ2v) is 4.22. The van der Waals surface area contributed by atoms with Crippen LogP contribution in [-0.2, 0) is 4.74 Å². The van der Waals surface area contributed by atoms with E-state index in [1.165, 1.54) is 19.4 Å². The fourth-order valence-electron chi connectivity index (χ4n) is 1.97. The Hall–Kier alpha value is -0.0800. The molecule has 0 aromatic carbocycles. The van der Waals surface area contributed by atoms with Gasteiger partial charge in [-0.1, -0.05) is 6.92 Å². The van der Waals surface area contributed by atoms with Gasteiger partial charge in [0.2, 0.25) is 0 Å². The number of hydrogen-bond donors (Lipinski definition) is 0. The number of hydrogen-bond acceptors (Lipinski definition) is 2. The first-order valence-electron chi connectivity index (χ1n) is 5.16. The Kier molecular flexibility index (Phi) is 2.66. The quantitative estimate of drug-likeness (QED) is 0.632. The number of rotatable bonds is 3. The molecule has 12 heavy (non-hydrogen) atoms. The van der Waals surface area contributed by atoms with E-state index in [1.54, 1.807) is 0 Å². The zero-order valence-electron chi connectivity index (χ0n) is 7.96. The summed E-state index contributed by atoms with van der Waals surface area (Å²) < 4.78 is 5.30. The fraction of sp³-hybridized carbons (Fsp3) is 1.00. The normalized spacial score (nSPS) is 36.8. The zero-order valence-corrected chi connectivity index (χ0v) is 7.96. The van der Waals surface area contributed by atoms with E-state index in [0.717, 1.165) is 38.1 Å². The van der Waals surface area contributed by atoms with Crippen LogP contribution < -0.4 is 0 Å². The van der Waals surface area contributed by atoms with E-state index in [2.05, 4.69) is 11.8 Å². The molecule has 2 fully saturated rings. The summed E-state index contributed by atoms with van der Waals surface area (Å²) in [7, 11) is 0. The predicted octanol–water partition coefficient (Wildman–Crippen LogP) is 1.36. The molecule has 0 N–H and O–H groups in total. The zero-order chi connectivity index (χ0) is 8.39. The Bertz CT molecular complexity index is 143. The molecule has 0 amide bonds. The number of ether oxygens (including phenoxy) is 1. The lowest BCUT2D eigenvalue weighted by atomic mass is 10.2. The molecule has 1 heterocycles. The van der Waals surface area contributed by atoms with Gasteiger partial charge in [0, 0.05) is 13.1 Å². The maximum Gasteiger partial charge on any atom is 0.0594 e. The third-order valence-corrected chi connectivity index (χ3v) is 3.20. The smallest absolute Gasteiger partial charge is 0.0594 e. The highest BCUT2D eigenvalue weighted by atomic mass is 16.5. The van der Waals surface area contributed by atoms with Gasteiger partial charge in [-0.25, -0.2) is 0 Å². The van der Waals surface area contributed by atoms with Crippen molar-refractivity contribution in [3.8, 4) is 0 Å². The van der Waals surface area contributed by atoms with Crippen LogP contribution >= 0.6 is 0 Å². The van der Waals surface area contributed by atoms with Crippen LogP contribution in [0.4, 0.5) is 0 Å². The molecule has 2 rings (SSSR count). The van der Waals surface area contributed by atoms with Crippen molar-refractivity contribution in [3.63, 3.8) is 0 Å². The van der Waals surface area contributed by atoms with Crippen molar-refractivity contribution in [2.45, 2.75) is 19.8 Å². The standard InChI is InChI=1S/C10H19NO/c1-9-8-10(9)2-3-11-4-6-12-7-5-11/h9-10H,2-8H2,1H3. The van der Waals surface area contributed by atoms with Crippen LogP contribution in [-0.4, -0.2) is 37.7 Å². The van der Waals surface area contributed by atoms with Gasteiger partial charge in [-0.3, -0.25) is 4.90 Å². The molecule has 70 valence electrons. The first kappa shape index (κ1) is 8.52. The number of morpholine rings is 1. The van der Waals surface area contributed by atoms with Gasteiger partial charge in [-0.2, -0.15) is 0 Å². The largest absolute Gasteiger partial charge is 0.379 e. The van der Waals surface area contributed by atoms with Gasteiger partial charge < -0.3 is 4.74 Å². The fourth-order valence-corrected chi connectivity index (χ4v) is 1.97. The van der Waals surface area contributed by atoms with Crippen molar-refractivity contribution < 1.29 is 4.74 Å². The summed E-state index contributed by atoms with van der Waals surface area (Å²) in [5, 5.41) is 0. The Labute approximate surface area is 74.9 Å². The first-order chi connectivity index (χ1) is 5.86. The van der Waals surface area contributed by atoms with Crippen molar-refractivity contribution >= 4 is 0 Å². The summed E-state index contributed by atoms with van der Waals surface area (Å²) >= 11 is 0. The van der Waals surface area contributed by atoms with Crippen LogP contribution in [0.2, 0.25) is 0 Å².